The third-order valence-corrected chi connectivity index (χ3v) is 25.1. The molecular weight excluding hydrogens is 578 g/mol. The number of allylic oxidation sites excluding steroid dienone is 5. The van der Waals surface area contributed by atoms with Gasteiger partial charge < -0.3 is 0 Å². The van der Waals surface area contributed by atoms with Gasteiger partial charge in [-0.05, 0) is 0 Å². The standard InChI is InChI=1S/C15H7F4.C9H13.2CH3.2ClH.H2Si.Zr/c16-11-7-12(17)14(18)15(19)13(11)10-6-5-8-3-1-2-4-9(8)10;1-6-5-7(2)9(4)8(6)3;;;;;;/h1-7H;6H,1-4H3;2*1H3;2*1H;1H2;. The van der Waals surface area contributed by atoms with E-state index in [1.165, 1.54) is 20.0 Å². The summed E-state index contributed by atoms with van der Waals surface area (Å²) < 4.78 is 63.6. The maximum absolute atomic E-state index is 14.8. The Bertz CT molecular complexity index is 1350. The SMILES string of the molecule is CC1=C(C)C(C)[C]([Zr]([CH3])([CH3])(=[SiH2])[CH]2C=C(c3c(F)cc(F)c(F)c3F)c3ccccc32)=C1C.Cl.Cl. The molecule has 0 bridgehead atoms. The van der Waals surface area contributed by atoms with E-state index >= 15 is 0 Å². The Hall–Kier alpha value is -0.940. The third kappa shape index (κ3) is 4.17. The van der Waals surface area contributed by atoms with Gasteiger partial charge >= 0.3 is 190 Å². The minimum absolute atomic E-state index is 0. The topological polar surface area (TPSA) is 0 Å². The number of hydrogen-bond acceptors (Lipinski definition) is 0. The Morgan fingerprint density at radius 2 is 1.44 bits per heavy atom. The van der Waals surface area contributed by atoms with Crippen molar-refractivity contribution in [1.29, 1.82) is 0 Å². The van der Waals surface area contributed by atoms with Gasteiger partial charge in [0.15, 0.2) is 0 Å². The summed E-state index contributed by atoms with van der Waals surface area (Å²) in [6, 6.07) is 8.02. The molecule has 0 spiro atoms. The third-order valence-electron chi connectivity index (χ3n) is 7.83. The second-order valence-corrected chi connectivity index (χ2v) is 39.9. The smallest absolute Gasteiger partial charge is 0.147 e. The van der Waals surface area contributed by atoms with Gasteiger partial charge in [-0.25, -0.2) is 0 Å². The number of fused-ring (bicyclic) bond motifs is 1. The molecule has 0 heterocycles. The summed E-state index contributed by atoms with van der Waals surface area (Å²) >= 11 is -3.78. The first-order valence-corrected chi connectivity index (χ1v) is 24.4. The van der Waals surface area contributed by atoms with Crippen molar-refractivity contribution in [3.8, 4) is 0 Å². The maximum Gasteiger partial charge on any atom is -0.147 e. The van der Waals surface area contributed by atoms with E-state index < -0.39 is 46.2 Å². The number of rotatable bonds is 3. The van der Waals surface area contributed by atoms with Crippen LogP contribution in [0.2, 0.25) is 9.26 Å². The molecule has 0 fully saturated rings. The van der Waals surface area contributed by atoms with Crippen LogP contribution in [-0.4, -0.2) is 6.88 Å². The van der Waals surface area contributed by atoms with Crippen LogP contribution in [0.5, 0.6) is 0 Å². The molecule has 0 aliphatic heterocycles. The van der Waals surface area contributed by atoms with Crippen LogP contribution >= 0.6 is 24.8 Å². The first-order chi connectivity index (χ1) is 14.8. The predicted molar refractivity (Wildman–Crippen MR) is 138 cm³/mol. The monoisotopic (exact) mass is 606 g/mol. The zero-order valence-electron chi connectivity index (χ0n) is 20.2. The van der Waals surface area contributed by atoms with Gasteiger partial charge in [0, 0.05) is 0 Å². The predicted octanol–water partition coefficient (Wildman–Crippen LogP) is 8.17. The van der Waals surface area contributed by atoms with Crippen LogP contribution in [-0.2, 0) is 17.4 Å². The summed E-state index contributed by atoms with van der Waals surface area (Å²) in [5, 5.41) is 0. The Balaban J connectivity index is 0.00000204. The second-order valence-electron chi connectivity index (χ2n) is 10.4. The van der Waals surface area contributed by atoms with Crippen molar-refractivity contribution < 1.29 is 35.0 Å². The molecule has 2 aromatic carbocycles. The number of benzene rings is 2. The van der Waals surface area contributed by atoms with Crippen LogP contribution in [0.25, 0.3) is 5.57 Å². The molecule has 0 amide bonds. The molecule has 0 radical (unpaired) electrons. The quantitative estimate of drug-likeness (QED) is 0.143. The van der Waals surface area contributed by atoms with Crippen LogP contribution in [0.3, 0.4) is 0 Å². The van der Waals surface area contributed by atoms with E-state index in [1.807, 2.05) is 30.3 Å². The molecule has 2 atom stereocenters. The fourth-order valence-corrected chi connectivity index (χ4v) is 24.5. The molecule has 184 valence electrons. The van der Waals surface area contributed by atoms with Gasteiger partial charge in [-0.3, -0.25) is 0 Å². The van der Waals surface area contributed by atoms with Crippen LogP contribution in [0.1, 0.15) is 48.0 Å². The molecule has 0 N–H and O–H groups in total. The van der Waals surface area contributed by atoms with Crippen LogP contribution < -0.4 is 0 Å². The Labute approximate surface area is 213 Å². The van der Waals surface area contributed by atoms with Crippen molar-refractivity contribution in [2.45, 2.75) is 40.6 Å². The zero-order valence-corrected chi connectivity index (χ0v) is 25.7. The van der Waals surface area contributed by atoms with Crippen molar-refractivity contribution >= 4 is 37.3 Å². The fraction of sp³-hybridized carbons (Fsp3) is 0.308. The average Bonchev–Trinajstić information content (AvgIpc) is 3.19. The summed E-state index contributed by atoms with van der Waals surface area (Å²) in [6.45, 7) is 10.9. The van der Waals surface area contributed by atoms with E-state index in [0.717, 1.165) is 5.56 Å². The van der Waals surface area contributed by atoms with Crippen molar-refractivity contribution in [2.75, 3.05) is 0 Å². The van der Waals surface area contributed by atoms with E-state index in [4.69, 9.17) is 0 Å². The molecule has 2 unspecified atom stereocenters. The van der Waals surface area contributed by atoms with Crippen molar-refractivity contribution in [2.24, 2.45) is 5.92 Å². The van der Waals surface area contributed by atoms with Crippen molar-refractivity contribution in [3.63, 3.8) is 0 Å². The van der Waals surface area contributed by atoms with E-state index in [9.17, 15) is 17.6 Å². The van der Waals surface area contributed by atoms with Crippen LogP contribution in [0.4, 0.5) is 17.6 Å². The van der Waals surface area contributed by atoms with E-state index in [-0.39, 0.29) is 28.4 Å². The summed E-state index contributed by atoms with van der Waals surface area (Å²) in [5.41, 5.74) is 5.60. The maximum atomic E-state index is 14.8. The first kappa shape index (κ1) is 29.3. The summed E-state index contributed by atoms with van der Waals surface area (Å²) in [5.74, 6) is -5.38. The molecular formula is C26H30Cl2F4SiZr. The molecule has 2 aromatic rings. The Kier molecular flexibility index (Phi) is 8.18. The summed E-state index contributed by atoms with van der Waals surface area (Å²) in [7, 11) is 0. The van der Waals surface area contributed by atoms with Gasteiger partial charge in [-0.15, -0.1) is 24.8 Å². The largest absolute Gasteiger partial charge is 0.147 e. The Morgan fingerprint density at radius 3 is 2.00 bits per heavy atom. The van der Waals surface area contributed by atoms with Crippen molar-refractivity contribution in [1.82, 2.24) is 0 Å². The molecule has 0 aromatic heterocycles. The molecule has 0 nitrogen and oxygen atoms in total. The first-order valence-electron chi connectivity index (χ1n) is 10.9. The average molecular weight is 609 g/mol. The molecule has 0 saturated heterocycles. The van der Waals surface area contributed by atoms with E-state index in [2.05, 4.69) is 43.8 Å². The van der Waals surface area contributed by atoms with E-state index in [1.54, 1.807) is 0 Å². The van der Waals surface area contributed by atoms with Crippen LogP contribution in [0, 0.1) is 29.2 Å². The summed E-state index contributed by atoms with van der Waals surface area (Å²) in [6.07, 6.45) is 1.93. The minimum Gasteiger partial charge on any atom is -0.147 e. The fourth-order valence-electron chi connectivity index (χ4n) is 6.02. The molecule has 8 heteroatoms. The molecule has 0 saturated carbocycles. The molecule has 4 rings (SSSR count). The Morgan fingerprint density at radius 1 is 0.853 bits per heavy atom. The normalized spacial score (nSPS) is 20.1. The minimum atomic E-state index is -3.78. The molecule has 34 heavy (non-hydrogen) atoms. The van der Waals surface area contributed by atoms with Gasteiger partial charge in [-0.1, -0.05) is 0 Å². The zero-order chi connectivity index (χ0) is 23.8. The number of hydrogen-bond donors (Lipinski definition) is 0. The van der Waals surface area contributed by atoms with Gasteiger partial charge in [-0.2, -0.15) is 0 Å². The van der Waals surface area contributed by atoms with Gasteiger partial charge in [0.1, 0.15) is 0 Å². The molecule has 2 aliphatic carbocycles. The van der Waals surface area contributed by atoms with E-state index in [0.29, 0.717) is 23.1 Å². The van der Waals surface area contributed by atoms with Gasteiger partial charge in [0.25, 0.3) is 0 Å². The second kappa shape index (κ2) is 9.50. The van der Waals surface area contributed by atoms with Crippen LogP contribution in [0.15, 0.2) is 56.4 Å². The number of halogens is 6. The van der Waals surface area contributed by atoms with Gasteiger partial charge in [0.2, 0.25) is 0 Å². The van der Waals surface area contributed by atoms with Gasteiger partial charge in [0.05, 0.1) is 0 Å². The van der Waals surface area contributed by atoms with Crippen molar-refractivity contribution in [3.05, 3.63) is 96.4 Å². The molecule has 2 aliphatic rings. The summed E-state index contributed by atoms with van der Waals surface area (Å²) in [4.78, 5) is 0.